The molecule has 3 N–H and O–H groups in total. The Morgan fingerprint density at radius 3 is 2.80 bits per heavy atom. The highest BCUT2D eigenvalue weighted by Gasteiger charge is 2.27. The van der Waals surface area contributed by atoms with Crippen molar-refractivity contribution < 1.29 is 0 Å². The second-order valence-corrected chi connectivity index (χ2v) is 9.12. The lowest BCUT2D eigenvalue weighted by Crippen LogP contribution is -2.44. The van der Waals surface area contributed by atoms with E-state index in [0.717, 1.165) is 36.3 Å². The number of para-hydroxylation sites is 1. The summed E-state index contributed by atoms with van der Waals surface area (Å²) in [6.07, 6.45) is 1.45. The molecule has 0 aliphatic carbocycles. The van der Waals surface area contributed by atoms with Crippen molar-refractivity contribution in [2.24, 2.45) is 17.8 Å². The number of nitrogens with two attached hydrogens (primary N) is 1. The molecule has 0 saturated carbocycles. The Kier molecular flexibility index (Phi) is 5.94. The molecule has 0 radical (unpaired) electrons. The third-order valence-electron chi connectivity index (χ3n) is 6.71. The van der Waals surface area contributed by atoms with Crippen LogP contribution in [-0.2, 0) is 20.1 Å². The van der Waals surface area contributed by atoms with Crippen LogP contribution in [-0.4, -0.2) is 49.7 Å². The highest BCUT2D eigenvalue weighted by Crippen LogP contribution is 2.24. The summed E-state index contributed by atoms with van der Waals surface area (Å²) in [5.74, 6) is 6.59. The van der Waals surface area contributed by atoms with Gasteiger partial charge in [-0.15, -0.1) is 5.92 Å². The standard InChI is InChI=1S/C25H30N8O2/c1-4-5-13-32-21-22(29-24(32)31-12-8-9-17(26)14-31)30(3)25(35)33(23(21)34)15-20-27-16(2)18-10-6-7-11-19(18)28-20/h6-7,10-11,17,20,28H,8-9,12-15,26H2,1-3H3. The summed E-state index contributed by atoms with van der Waals surface area (Å²) in [6.45, 7) is 5.53. The number of nitrogens with zero attached hydrogens (tertiary/aromatic N) is 6. The molecule has 10 heteroatoms. The predicted molar refractivity (Wildman–Crippen MR) is 138 cm³/mol. The van der Waals surface area contributed by atoms with Crippen molar-refractivity contribution in [2.75, 3.05) is 23.3 Å². The Morgan fingerprint density at radius 2 is 2.03 bits per heavy atom. The third kappa shape index (κ3) is 4.02. The quantitative estimate of drug-likeness (QED) is 0.548. The first-order valence-corrected chi connectivity index (χ1v) is 11.9. The summed E-state index contributed by atoms with van der Waals surface area (Å²) in [4.78, 5) is 38.6. The van der Waals surface area contributed by atoms with Gasteiger partial charge in [-0.25, -0.2) is 4.79 Å². The van der Waals surface area contributed by atoms with Gasteiger partial charge in [-0.2, -0.15) is 4.98 Å². The van der Waals surface area contributed by atoms with Gasteiger partial charge < -0.3 is 16.0 Å². The lowest BCUT2D eigenvalue weighted by molar-refractivity contribution is 0.496. The number of rotatable bonds is 4. The maximum absolute atomic E-state index is 13.8. The maximum Gasteiger partial charge on any atom is 0.332 e. The van der Waals surface area contributed by atoms with Crippen molar-refractivity contribution in [3.05, 3.63) is 50.7 Å². The highest BCUT2D eigenvalue weighted by molar-refractivity contribution is 6.04. The number of benzene rings is 1. The number of imidazole rings is 1. The number of aromatic nitrogens is 4. The van der Waals surface area contributed by atoms with Crippen molar-refractivity contribution in [2.45, 2.75) is 52.0 Å². The van der Waals surface area contributed by atoms with Crippen LogP contribution in [0.25, 0.3) is 11.2 Å². The molecular weight excluding hydrogens is 444 g/mol. The number of hydrogen-bond acceptors (Lipinski definition) is 7. The molecule has 5 rings (SSSR count). The van der Waals surface area contributed by atoms with Gasteiger partial charge in [0.15, 0.2) is 11.2 Å². The normalized spacial score (nSPS) is 19.5. The summed E-state index contributed by atoms with van der Waals surface area (Å²) < 4.78 is 4.50. The van der Waals surface area contributed by atoms with Gasteiger partial charge in [-0.05, 0) is 32.8 Å². The maximum atomic E-state index is 13.8. The van der Waals surface area contributed by atoms with E-state index in [1.165, 1.54) is 9.13 Å². The van der Waals surface area contributed by atoms with E-state index in [0.29, 0.717) is 30.2 Å². The lowest BCUT2D eigenvalue weighted by atomic mass is 10.1. The Morgan fingerprint density at radius 1 is 1.23 bits per heavy atom. The van der Waals surface area contributed by atoms with Crippen LogP contribution in [0.4, 0.5) is 11.6 Å². The Bertz CT molecular complexity index is 1500. The first-order chi connectivity index (χ1) is 16.9. The fourth-order valence-corrected chi connectivity index (χ4v) is 4.96. The van der Waals surface area contributed by atoms with Crippen LogP contribution in [0, 0.1) is 11.8 Å². The molecule has 1 saturated heterocycles. The van der Waals surface area contributed by atoms with Gasteiger partial charge in [0.1, 0.15) is 6.17 Å². The van der Waals surface area contributed by atoms with Crippen molar-refractivity contribution in [1.29, 1.82) is 0 Å². The van der Waals surface area contributed by atoms with Crippen LogP contribution < -0.4 is 27.2 Å². The number of hydrogen-bond donors (Lipinski definition) is 2. The molecule has 1 aromatic carbocycles. The molecule has 4 heterocycles. The summed E-state index contributed by atoms with van der Waals surface area (Å²) in [6, 6.07) is 7.91. The molecule has 1 fully saturated rings. The molecule has 10 nitrogen and oxygen atoms in total. The molecule has 2 unspecified atom stereocenters. The van der Waals surface area contributed by atoms with Crippen molar-refractivity contribution in [3.63, 3.8) is 0 Å². The largest absolute Gasteiger partial charge is 0.362 e. The van der Waals surface area contributed by atoms with Gasteiger partial charge in [0.05, 0.1) is 13.1 Å². The SMILES string of the molecule is CC#CCn1c(N2CCCC(N)C2)nc2c1c(=O)n(CC1N=C(C)c3ccccc3N1)c(=O)n2C. The molecular formula is C25H30N8O2. The number of piperidine rings is 1. The zero-order valence-electron chi connectivity index (χ0n) is 20.3. The molecule has 2 aliphatic rings. The minimum Gasteiger partial charge on any atom is -0.362 e. The van der Waals surface area contributed by atoms with E-state index in [4.69, 9.17) is 15.7 Å². The van der Waals surface area contributed by atoms with Gasteiger partial charge in [-0.1, -0.05) is 24.1 Å². The molecule has 0 spiro atoms. The minimum atomic E-state index is -0.445. The first kappa shape index (κ1) is 22.9. The summed E-state index contributed by atoms with van der Waals surface area (Å²) >= 11 is 0. The smallest absolute Gasteiger partial charge is 0.332 e. The summed E-state index contributed by atoms with van der Waals surface area (Å²) in [5.41, 5.74) is 8.92. The number of anilines is 2. The number of nitrogens with one attached hydrogen (secondary N) is 1. The van der Waals surface area contributed by atoms with E-state index in [9.17, 15) is 9.59 Å². The van der Waals surface area contributed by atoms with Crippen LogP contribution in [0.1, 0.15) is 32.3 Å². The van der Waals surface area contributed by atoms with E-state index in [2.05, 4.69) is 22.1 Å². The van der Waals surface area contributed by atoms with Crippen LogP contribution in [0.2, 0.25) is 0 Å². The molecule has 0 amide bonds. The Hall–Kier alpha value is -3.84. The molecule has 0 bridgehead atoms. The zero-order chi connectivity index (χ0) is 24.7. The molecule has 2 aromatic heterocycles. The van der Waals surface area contributed by atoms with Crippen molar-refractivity contribution in [3.8, 4) is 11.8 Å². The molecule has 182 valence electrons. The van der Waals surface area contributed by atoms with Crippen LogP contribution in [0.5, 0.6) is 0 Å². The van der Waals surface area contributed by atoms with E-state index in [1.807, 2.05) is 35.8 Å². The summed E-state index contributed by atoms with van der Waals surface area (Å²) in [5, 5.41) is 3.35. The molecule has 2 aliphatic heterocycles. The van der Waals surface area contributed by atoms with Gasteiger partial charge in [-0.3, -0.25) is 23.5 Å². The first-order valence-electron chi connectivity index (χ1n) is 11.9. The number of aryl methyl sites for hydroxylation is 1. The predicted octanol–water partition coefficient (Wildman–Crippen LogP) is 1.11. The van der Waals surface area contributed by atoms with Gasteiger partial charge >= 0.3 is 5.69 Å². The average molecular weight is 475 g/mol. The lowest BCUT2D eigenvalue weighted by Gasteiger charge is -2.31. The van der Waals surface area contributed by atoms with Crippen molar-refractivity contribution in [1.82, 2.24) is 18.7 Å². The summed E-state index contributed by atoms with van der Waals surface area (Å²) in [7, 11) is 1.65. The Balaban J connectivity index is 1.62. The van der Waals surface area contributed by atoms with Crippen LogP contribution in [0.15, 0.2) is 38.8 Å². The van der Waals surface area contributed by atoms with Gasteiger partial charge in [0.25, 0.3) is 5.56 Å². The van der Waals surface area contributed by atoms with Gasteiger partial charge in [0, 0.05) is 43.1 Å². The molecule has 2 atom stereocenters. The van der Waals surface area contributed by atoms with Gasteiger partial charge in [0.2, 0.25) is 5.95 Å². The minimum absolute atomic E-state index is 0.0381. The number of fused-ring (bicyclic) bond motifs is 2. The fourth-order valence-electron chi connectivity index (χ4n) is 4.96. The molecule has 3 aromatic rings. The van der Waals surface area contributed by atoms with Crippen LogP contribution >= 0.6 is 0 Å². The van der Waals surface area contributed by atoms with E-state index in [1.54, 1.807) is 14.0 Å². The van der Waals surface area contributed by atoms with Crippen molar-refractivity contribution >= 4 is 28.5 Å². The molecule has 35 heavy (non-hydrogen) atoms. The zero-order valence-corrected chi connectivity index (χ0v) is 20.3. The van der Waals surface area contributed by atoms with Crippen LogP contribution in [0.3, 0.4) is 0 Å². The second kappa shape index (κ2) is 9.07. The van der Waals surface area contributed by atoms with E-state index in [-0.39, 0.29) is 12.6 Å². The second-order valence-electron chi connectivity index (χ2n) is 9.12. The number of aliphatic imine (C=N–C) groups is 1. The average Bonchev–Trinajstić information content (AvgIpc) is 3.24. The van der Waals surface area contributed by atoms with E-state index < -0.39 is 17.4 Å². The third-order valence-corrected chi connectivity index (χ3v) is 6.71. The highest BCUT2D eigenvalue weighted by atomic mass is 16.2. The van der Waals surface area contributed by atoms with E-state index >= 15 is 0 Å². The Labute approximate surface area is 203 Å². The fraction of sp³-hybridized carbons (Fsp3) is 0.440. The monoisotopic (exact) mass is 474 g/mol. The topological polar surface area (TPSA) is 115 Å².